The van der Waals surface area contributed by atoms with E-state index in [1.54, 1.807) is 18.2 Å². The van der Waals surface area contributed by atoms with Gasteiger partial charge in [0.15, 0.2) is 11.7 Å². The minimum atomic E-state index is -1.07. The number of ether oxygens (including phenoxy) is 1. The van der Waals surface area contributed by atoms with Gasteiger partial charge in [-0.2, -0.15) is 5.10 Å². The predicted molar refractivity (Wildman–Crippen MR) is 98.0 cm³/mol. The van der Waals surface area contributed by atoms with Gasteiger partial charge in [0.1, 0.15) is 5.75 Å². The number of hydrazone groups is 1. The first-order valence-corrected chi connectivity index (χ1v) is 7.62. The molecule has 0 radical (unpaired) electrons. The molecule has 3 N–H and O–H groups in total. The van der Waals surface area contributed by atoms with Gasteiger partial charge < -0.3 is 15.2 Å². The van der Waals surface area contributed by atoms with Crippen molar-refractivity contribution in [3.8, 4) is 5.75 Å². The second-order valence-electron chi connectivity index (χ2n) is 4.56. The molecule has 2 aromatic carbocycles. The topological polar surface area (TPSA) is 83.0 Å². The summed E-state index contributed by atoms with van der Waals surface area (Å²) in [6, 6.07) is 14.3. The molecule has 0 aromatic heterocycles. The smallest absolute Gasteiger partial charge is 0.341 e. The Morgan fingerprint density at radius 3 is 2.71 bits per heavy atom. The Hall–Kier alpha value is -2.64. The standard InChI is InChI=1S/C16H14ClN3O3S/c17-13-8-11(6-7-14(13)23-10-15(21)22)9-18-20-16(24)19-12-4-2-1-3-5-12/h1-9H,10H2,(H,21,22)(H2,19,20,24)/b18-9+. The largest absolute Gasteiger partial charge is 0.480 e. The van der Waals surface area contributed by atoms with E-state index >= 15 is 0 Å². The molecule has 6 nitrogen and oxygen atoms in total. The molecule has 2 rings (SSSR count). The van der Waals surface area contributed by atoms with Gasteiger partial charge in [0.05, 0.1) is 11.2 Å². The van der Waals surface area contributed by atoms with Gasteiger partial charge in [0.25, 0.3) is 0 Å². The molecule has 0 atom stereocenters. The number of nitrogens with one attached hydrogen (secondary N) is 2. The van der Waals surface area contributed by atoms with Crippen molar-refractivity contribution < 1.29 is 14.6 Å². The summed E-state index contributed by atoms with van der Waals surface area (Å²) < 4.78 is 5.04. The molecule has 0 aliphatic heterocycles. The molecule has 0 saturated carbocycles. The lowest BCUT2D eigenvalue weighted by molar-refractivity contribution is -0.139. The van der Waals surface area contributed by atoms with Gasteiger partial charge in [0.2, 0.25) is 0 Å². The summed E-state index contributed by atoms with van der Waals surface area (Å²) in [6.07, 6.45) is 1.53. The third kappa shape index (κ3) is 5.86. The van der Waals surface area contributed by atoms with Crippen molar-refractivity contribution in [2.75, 3.05) is 11.9 Å². The van der Waals surface area contributed by atoms with Crippen LogP contribution in [0, 0.1) is 0 Å². The highest BCUT2D eigenvalue weighted by atomic mass is 35.5. The molecule has 8 heteroatoms. The van der Waals surface area contributed by atoms with Gasteiger partial charge in [-0.15, -0.1) is 0 Å². The minimum absolute atomic E-state index is 0.296. The summed E-state index contributed by atoms with van der Waals surface area (Å²) in [5.41, 5.74) is 4.25. The number of aliphatic carboxylic acids is 1. The summed E-state index contributed by atoms with van der Waals surface area (Å²) in [5, 5.41) is 16.2. The highest BCUT2D eigenvalue weighted by Gasteiger charge is 2.04. The summed E-state index contributed by atoms with van der Waals surface area (Å²) in [6.45, 7) is -0.450. The third-order valence-corrected chi connectivity index (χ3v) is 3.21. The van der Waals surface area contributed by atoms with Crippen LogP contribution in [-0.2, 0) is 4.79 Å². The van der Waals surface area contributed by atoms with Crippen LogP contribution in [0.15, 0.2) is 53.6 Å². The first-order valence-electron chi connectivity index (χ1n) is 6.84. The number of hydrogen-bond acceptors (Lipinski definition) is 4. The number of para-hydroxylation sites is 1. The summed E-state index contributed by atoms with van der Waals surface area (Å²) >= 11 is 11.1. The number of rotatable bonds is 6. The van der Waals surface area contributed by atoms with Crippen LogP contribution in [0.2, 0.25) is 5.02 Å². The van der Waals surface area contributed by atoms with E-state index in [2.05, 4.69) is 15.8 Å². The number of carboxylic acids is 1. The molecule has 0 bridgehead atoms. The number of carboxylic acid groups (broad SMARTS) is 1. The number of nitrogens with zero attached hydrogens (tertiary/aromatic N) is 1. The van der Waals surface area contributed by atoms with Gasteiger partial charge >= 0.3 is 5.97 Å². The first kappa shape index (κ1) is 17.7. The monoisotopic (exact) mass is 363 g/mol. The Labute approximate surface area is 149 Å². The lowest BCUT2D eigenvalue weighted by Gasteiger charge is -2.07. The maximum Gasteiger partial charge on any atom is 0.341 e. The molecule has 0 aliphatic rings. The van der Waals surface area contributed by atoms with Crippen LogP contribution in [0.25, 0.3) is 0 Å². The molecular formula is C16H14ClN3O3S. The fraction of sp³-hybridized carbons (Fsp3) is 0.0625. The molecule has 124 valence electrons. The fourth-order valence-corrected chi connectivity index (χ4v) is 2.11. The Balaban J connectivity index is 1.88. The van der Waals surface area contributed by atoms with E-state index in [0.717, 1.165) is 5.69 Å². The molecule has 0 saturated heterocycles. The van der Waals surface area contributed by atoms with Gasteiger partial charge in [-0.1, -0.05) is 29.8 Å². The van der Waals surface area contributed by atoms with Crippen LogP contribution in [0.4, 0.5) is 5.69 Å². The number of anilines is 1. The molecule has 24 heavy (non-hydrogen) atoms. The third-order valence-electron chi connectivity index (χ3n) is 2.72. The quantitative estimate of drug-likeness (QED) is 0.415. The summed E-state index contributed by atoms with van der Waals surface area (Å²) in [7, 11) is 0. The number of halogens is 1. The van der Waals surface area contributed by atoms with Gasteiger partial charge in [0, 0.05) is 5.69 Å². The van der Waals surface area contributed by atoms with Crippen molar-refractivity contribution in [1.29, 1.82) is 0 Å². The molecule has 0 aliphatic carbocycles. The van der Waals surface area contributed by atoms with Crippen molar-refractivity contribution in [3.63, 3.8) is 0 Å². The zero-order valence-electron chi connectivity index (χ0n) is 12.4. The number of hydrogen-bond donors (Lipinski definition) is 3. The first-order chi connectivity index (χ1) is 11.5. The van der Waals surface area contributed by atoms with E-state index in [1.807, 2.05) is 30.3 Å². The van der Waals surface area contributed by atoms with Gasteiger partial charge in [-0.05, 0) is 48.1 Å². The molecule has 0 unspecified atom stereocenters. The number of carbonyl (C=O) groups is 1. The highest BCUT2D eigenvalue weighted by molar-refractivity contribution is 7.80. The van der Waals surface area contributed by atoms with Crippen LogP contribution >= 0.6 is 23.8 Å². The van der Waals surface area contributed by atoms with Gasteiger partial charge in [-0.25, -0.2) is 4.79 Å². The highest BCUT2D eigenvalue weighted by Crippen LogP contribution is 2.24. The lowest BCUT2D eigenvalue weighted by atomic mass is 10.2. The lowest BCUT2D eigenvalue weighted by Crippen LogP contribution is -2.23. The van der Waals surface area contributed by atoms with E-state index in [4.69, 9.17) is 33.7 Å². The molecule has 0 fully saturated rings. The van der Waals surface area contributed by atoms with Crippen molar-refractivity contribution in [1.82, 2.24) is 5.43 Å². The van der Waals surface area contributed by atoms with E-state index in [9.17, 15) is 4.79 Å². The maximum absolute atomic E-state index is 10.5. The summed E-state index contributed by atoms with van der Waals surface area (Å²) in [5.74, 6) is -0.772. The van der Waals surface area contributed by atoms with Crippen LogP contribution in [0.5, 0.6) is 5.75 Å². The zero-order valence-corrected chi connectivity index (χ0v) is 14.0. The second kappa shape index (κ2) is 8.85. The SMILES string of the molecule is O=C(O)COc1ccc(/C=N/NC(=S)Nc2ccccc2)cc1Cl. The van der Waals surface area contributed by atoms with E-state index < -0.39 is 12.6 Å². The minimum Gasteiger partial charge on any atom is -0.480 e. The Bertz CT molecular complexity index is 753. The zero-order chi connectivity index (χ0) is 17.4. The average molecular weight is 364 g/mol. The van der Waals surface area contributed by atoms with E-state index in [1.165, 1.54) is 6.21 Å². The van der Waals surface area contributed by atoms with Crippen LogP contribution in [0.1, 0.15) is 5.56 Å². The van der Waals surface area contributed by atoms with Gasteiger partial charge in [-0.3, -0.25) is 5.43 Å². The second-order valence-corrected chi connectivity index (χ2v) is 5.38. The molecule has 2 aromatic rings. The van der Waals surface area contributed by atoms with Crippen molar-refractivity contribution in [2.24, 2.45) is 5.10 Å². The summed E-state index contributed by atoms with van der Waals surface area (Å²) in [4.78, 5) is 10.5. The van der Waals surface area contributed by atoms with Crippen LogP contribution in [0.3, 0.4) is 0 Å². The van der Waals surface area contributed by atoms with Crippen LogP contribution in [-0.4, -0.2) is 29.0 Å². The fourth-order valence-electron chi connectivity index (χ4n) is 1.70. The van der Waals surface area contributed by atoms with E-state index in [-0.39, 0.29) is 0 Å². The average Bonchev–Trinajstić information content (AvgIpc) is 2.55. The van der Waals surface area contributed by atoms with E-state index in [0.29, 0.717) is 21.4 Å². The van der Waals surface area contributed by atoms with Crippen LogP contribution < -0.4 is 15.5 Å². The predicted octanol–water partition coefficient (Wildman–Crippen LogP) is 3.12. The molecule has 0 heterocycles. The normalized spacial score (nSPS) is 10.4. The van der Waals surface area contributed by atoms with Crippen molar-refractivity contribution >= 4 is 46.8 Å². The van der Waals surface area contributed by atoms with Crippen molar-refractivity contribution in [2.45, 2.75) is 0 Å². The van der Waals surface area contributed by atoms with Crippen molar-refractivity contribution in [3.05, 3.63) is 59.1 Å². The Kier molecular flexibility index (Phi) is 6.53. The maximum atomic E-state index is 10.5. The molecular weight excluding hydrogens is 350 g/mol. The number of thiocarbonyl (C=S) groups is 1. The Morgan fingerprint density at radius 1 is 1.29 bits per heavy atom. The molecule has 0 amide bonds. The Morgan fingerprint density at radius 2 is 2.04 bits per heavy atom. The molecule has 0 spiro atoms. The number of benzene rings is 2.